The molecule has 2 aromatic carbocycles. The predicted octanol–water partition coefficient (Wildman–Crippen LogP) is 3.60. The molecule has 0 saturated heterocycles. The number of nitrogens with zero attached hydrogens (tertiary/aromatic N) is 1. The van der Waals surface area contributed by atoms with E-state index in [4.69, 9.17) is 17.0 Å². The number of hydrogen-bond donors (Lipinski definition) is 2. The minimum absolute atomic E-state index is 0.472. The van der Waals surface area contributed by atoms with Crippen LogP contribution in [0.2, 0.25) is 0 Å². The monoisotopic (exact) mass is 313 g/mol. The summed E-state index contributed by atoms with van der Waals surface area (Å²) in [6, 6.07) is 17.7. The molecule has 0 fully saturated rings. The molecule has 0 saturated carbocycles. The van der Waals surface area contributed by atoms with Gasteiger partial charge in [-0.3, -0.25) is 5.43 Å². The Kier molecular flexibility index (Phi) is 5.91. The first-order chi connectivity index (χ1) is 10.7. The Hall–Kier alpha value is -2.40. The quantitative estimate of drug-likeness (QED) is 0.503. The van der Waals surface area contributed by atoms with Crippen molar-refractivity contribution in [3.8, 4) is 5.75 Å². The zero-order chi connectivity index (χ0) is 15.8. The highest BCUT2D eigenvalue weighted by molar-refractivity contribution is 7.80. The Bertz CT molecular complexity index is 639. The summed E-state index contributed by atoms with van der Waals surface area (Å²) in [5.41, 5.74) is 5.91. The van der Waals surface area contributed by atoms with Gasteiger partial charge in [-0.2, -0.15) is 5.10 Å². The predicted molar refractivity (Wildman–Crippen MR) is 95.6 cm³/mol. The maximum absolute atomic E-state index is 5.21. The molecule has 2 rings (SSSR count). The van der Waals surface area contributed by atoms with Crippen molar-refractivity contribution in [2.24, 2.45) is 5.10 Å². The fraction of sp³-hybridized carbons (Fsp3) is 0.176. The van der Waals surface area contributed by atoms with E-state index in [0.29, 0.717) is 5.11 Å². The van der Waals surface area contributed by atoms with Crippen LogP contribution in [0.3, 0.4) is 0 Å². The average molecular weight is 313 g/mol. The first-order valence-corrected chi connectivity index (χ1v) is 7.36. The van der Waals surface area contributed by atoms with Crippen molar-refractivity contribution in [2.45, 2.75) is 13.3 Å². The SMILES string of the molecule is COc1ccc(C/C(C)=N\NC(=S)Nc2ccccc2)cc1. The van der Waals surface area contributed by atoms with E-state index in [2.05, 4.69) is 15.8 Å². The molecule has 114 valence electrons. The summed E-state index contributed by atoms with van der Waals surface area (Å²) in [5.74, 6) is 0.852. The van der Waals surface area contributed by atoms with Crippen molar-refractivity contribution in [2.75, 3.05) is 12.4 Å². The van der Waals surface area contributed by atoms with Gasteiger partial charge in [0, 0.05) is 17.8 Å². The molecule has 0 radical (unpaired) electrons. The van der Waals surface area contributed by atoms with Gasteiger partial charge in [-0.05, 0) is 49.0 Å². The zero-order valence-corrected chi connectivity index (χ0v) is 13.5. The molecular weight excluding hydrogens is 294 g/mol. The number of anilines is 1. The molecule has 2 N–H and O–H groups in total. The highest BCUT2D eigenvalue weighted by Gasteiger charge is 1.99. The van der Waals surface area contributed by atoms with E-state index in [9.17, 15) is 0 Å². The molecule has 4 nitrogen and oxygen atoms in total. The van der Waals surface area contributed by atoms with Crippen molar-refractivity contribution in [3.63, 3.8) is 0 Å². The van der Waals surface area contributed by atoms with Gasteiger partial charge in [0.2, 0.25) is 0 Å². The lowest BCUT2D eigenvalue weighted by Gasteiger charge is -2.08. The van der Waals surface area contributed by atoms with E-state index in [1.807, 2.05) is 61.5 Å². The van der Waals surface area contributed by atoms with E-state index in [1.165, 1.54) is 5.56 Å². The van der Waals surface area contributed by atoms with Gasteiger partial charge in [0.05, 0.1) is 7.11 Å². The maximum atomic E-state index is 5.21. The molecule has 2 aromatic rings. The third-order valence-corrected chi connectivity index (χ3v) is 3.19. The third kappa shape index (κ3) is 5.18. The lowest BCUT2D eigenvalue weighted by molar-refractivity contribution is 0.414. The third-order valence-electron chi connectivity index (χ3n) is 3.00. The Morgan fingerprint density at radius 3 is 2.41 bits per heavy atom. The van der Waals surface area contributed by atoms with Gasteiger partial charge in [-0.25, -0.2) is 0 Å². The van der Waals surface area contributed by atoms with Crippen LogP contribution in [0.25, 0.3) is 0 Å². The topological polar surface area (TPSA) is 45.6 Å². The highest BCUT2D eigenvalue weighted by atomic mass is 32.1. The van der Waals surface area contributed by atoms with Crippen LogP contribution in [-0.2, 0) is 6.42 Å². The molecule has 0 atom stereocenters. The van der Waals surface area contributed by atoms with Crippen LogP contribution in [-0.4, -0.2) is 17.9 Å². The molecule has 0 aliphatic heterocycles. The van der Waals surface area contributed by atoms with Crippen LogP contribution < -0.4 is 15.5 Å². The van der Waals surface area contributed by atoms with Gasteiger partial charge >= 0.3 is 0 Å². The fourth-order valence-electron chi connectivity index (χ4n) is 1.91. The summed E-state index contributed by atoms with van der Waals surface area (Å²) in [6.07, 6.45) is 0.755. The van der Waals surface area contributed by atoms with Crippen LogP contribution in [0.15, 0.2) is 59.7 Å². The molecule has 22 heavy (non-hydrogen) atoms. The van der Waals surface area contributed by atoms with Crippen LogP contribution >= 0.6 is 12.2 Å². The summed E-state index contributed by atoms with van der Waals surface area (Å²) in [4.78, 5) is 0. The summed E-state index contributed by atoms with van der Waals surface area (Å²) in [7, 11) is 1.66. The van der Waals surface area contributed by atoms with E-state index < -0.39 is 0 Å². The molecule has 0 aromatic heterocycles. The molecule has 0 unspecified atom stereocenters. The van der Waals surface area contributed by atoms with Crippen LogP contribution in [0.5, 0.6) is 5.75 Å². The first kappa shape index (κ1) is 16.0. The number of benzene rings is 2. The Balaban J connectivity index is 1.85. The normalized spacial score (nSPS) is 10.9. The van der Waals surface area contributed by atoms with Gasteiger partial charge in [0.25, 0.3) is 0 Å². The van der Waals surface area contributed by atoms with Crippen molar-refractivity contribution >= 4 is 28.7 Å². The molecule has 5 heteroatoms. The second-order valence-electron chi connectivity index (χ2n) is 4.80. The summed E-state index contributed by atoms with van der Waals surface area (Å²) < 4.78 is 5.14. The summed E-state index contributed by atoms with van der Waals surface area (Å²) in [5, 5.41) is 7.84. The lowest BCUT2D eigenvalue weighted by Crippen LogP contribution is -2.25. The van der Waals surface area contributed by atoms with E-state index in [-0.39, 0.29) is 0 Å². The number of thiocarbonyl (C=S) groups is 1. The van der Waals surface area contributed by atoms with Gasteiger partial charge in [0.15, 0.2) is 5.11 Å². The molecule has 0 amide bonds. The summed E-state index contributed by atoms with van der Waals surface area (Å²) in [6.45, 7) is 1.96. The number of nitrogens with one attached hydrogen (secondary N) is 2. The van der Waals surface area contributed by atoms with Crippen LogP contribution in [0.1, 0.15) is 12.5 Å². The number of para-hydroxylation sites is 1. The minimum Gasteiger partial charge on any atom is -0.497 e. The number of rotatable bonds is 5. The van der Waals surface area contributed by atoms with Crippen molar-refractivity contribution in [1.29, 1.82) is 0 Å². The van der Waals surface area contributed by atoms with Crippen LogP contribution in [0.4, 0.5) is 5.69 Å². The van der Waals surface area contributed by atoms with Gasteiger partial charge < -0.3 is 10.1 Å². The Morgan fingerprint density at radius 2 is 1.77 bits per heavy atom. The standard InChI is InChI=1S/C17H19N3OS/c1-13(12-14-8-10-16(21-2)11-9-14)19-20-17(22)18-15-6-4-3-5-7-15/h3-11H,12H2,1-2H3,(H2,18,20,22)/b19-13-. The number of hydrogen-bond acceptors (Lipinski definition) is 3. The van der Waals surface area contributed by atoms with E-state index in [0.717, 1.165) is 23.6 Å². The fourth-order valence-corrected chi connectivity index (χ4v) is 2.07. The number of ether oxygens (including phenoxy) is 1. The molecule has 0 aliphatic carbocycles. The molecule has 0 spiro atoms. The van der Waals surface area contributed by atoms with Crippen molar-refractivity contribution in [1.82, 2.24) is 5.43 Å². The second kappa shape index (κ2) is 8.14. The Morgan fingerprint density at radius 1 is 1.09 bits per heavy atom. The smallest absolute Gasteiger partial charge is 0.191 e. The largest absolute Gasteiger partial charge is 0.497 e. The number of methoxy groups -OCH3 is 1. The minimum atomic E-state index is 0.472. The van der Waals surface area contributed by atoms with Gasteiger partial charge in [-0.15, -0.1) is 0 Å². The number of hydrazone groups is 1. The summed E-state index contributed by atoms with van der Waals surface area (Å²) >= 11 is 5.21. The zero-order valence-electron chi connectivity index (χ0n) is 12.7. The molecular formula is C17H19N3OS. The van der Waals surface area contributed by atoms with Gasteiger partial charge in [0.1, 0.15) is 5.75 Å². The van der Waals surface area contributed by atoms with Crippen molar-refractivity contribution in [3.05, 3.63) is 60.2 Å². The molecule has 0 bridgehead atoms. The lowest BCUT2D eigenvalue weighted by atomic mass is 10.1. The maximum Gasteiger partial charge on any atom is 0.191 e. The molecule has 0 heterocycles. The van der Waals surface area contributed by atoms with Crippen LogP contribution in [0, 0.1) is 0 Å². The van der Waals surface area contributed by atoms with Gasteiger partial charge in [-0.1, -0.05) is 30.3 Å². The highest BCUT2D eigenvalue weighted by Crippen LogP contribution is 2.12. The molecule has 0 aliphatic rings. The second-order valence-corrected chi connectivity index (χ2v) is 5.21. The average Bonchev–Trinajstić information content (AvgIpc) is 2.55. The van der Waals surface area contributed by atoms with Crippen molar-refractivity contribution < 1.29 is 4.74 Å². The first-order valence-electron chi connectivity index (χ1n) is 6.95. The van der Waals surface area contributed by atoms with E-state index in [1.54, 1.807) is 7.11 Å². The Labute approximate surface area is 136 Å². The van der Waals surface area contributed by atoms with E-state index >= 15 is 0 Å².